The van der Waals surface area contributed by atoms with E-state index in [0.717, 1.165) is 21.0 Å². The van der Waals surface area contributed by atoms with Crippen molar-refractivity contribution in [2.75, 3.05) is 0 Å². The van der Waals surface area contributed by atoms with E-state index in [1.54, 1.807) is 18.2 Å². The zero-order valence-electron chi connectivity index (χ0n) is 19.9. The summed E-state index contributed by atoms with van der Waals surface area (Å²) >= 11 is 16.1. The highest BCUT2D eigenvalue weighted by Crippen LogP contribution is 2.32. The van der Waals surface area contributed by atoms with Gasteiger partial charge in [-0.1, -0.05) is 99.8 Å². The van der Waals surface area contributed by atoms with Gasteiger partial charge in [0.05, 0.1) is 28.0 Å². The van der Waals surface area contributed by atoms with E-state index in [2.05, 4.69) is 26.5 Å². The Labute approximate surface area is 238 Å². The van der Waals surface area contributed by atoms with Gasteiger partial charge in [0.25, 0.3) is 5.91 Å². The fourth-order valence-corrected chi connectivity index (χ4v) is 4.73. The molecule has 1 N–H and O–H groups in total. The van der Waals surface area contributed by atoms with E-state index in [-0.39, 0.29) is 5.91 Å². The molecular weight excluding hydrogens is 585 g/mol. The van der Waals surface area contributed by atoms with E-state index < -0.39 is 0 Å². The van der Waals surface area contributed by atoms with Gasteiger partial charge in [-0.3, -0.25) is 4.79 Å². The molecule has 0 aliphatic carbocycles. The number of pyridine rings is 1. The van der Waals surface area contributed by atoms with Gasteiger partial charge in [0.2, 0.25) is 0 Å². The maximum atomic E-state index is 13.2. The molecule has 0 bridgehead atoms. The third-order valence-corrected chi connectivity index (χ3v) is 6.76. The highest BCUT2D eigenvalue weighted by Gasteiger charge is 2.14. The number of para-hydroxylation sites is 1. The van der Waals surface area contributed by atoms with Crippen molar-refractivity contribution < 1.29 is 9.53 Å². The van der Waals surface area contributed by atoms with E-state index >= 15 is 0 Å². The highest BCUT2D eigenvalue weighted by atomic mass is 79.9. The maximum Gasteiger partial charge on any atom is 0.272 e. The van der Waals surface area contributed by atoms with Crippen molar-refractivity contribution in [2.24, 2.45) is 5.10 Å². The summed E-state index contributed by atoms with van der Waals surface area (Å²) in [7, 11) is 0. The lowest BCUT2D eigenvalue weighted by molar-refractivity contribution is 0.0956. The van der Waals surface area contributed by atoms with Crippen LogP contribution >= 0.6 is 39.1 Å². The molecule has 0 unspecified atom stereocenters. The smallest absolute Gasteiger partial charge is 0.272 e. The van der Waals surface area contributed by atoms with Crippen LogP contribution in [0.15, 0.2) is 107 Å². The number of benzene rings is 4. The van der Waals surface area contributed by atoms with Crippen LogP contribution in [0.5, 0.6) is 5.75 Å². The monoisotopic (exact) mass is 603 g/mol. The molecule has 1 aromatic heterocycles. The number of hydrazone groups is 1. The van der Waals surface area contributed by atoms with Gasteiger partial charge < -0.3 is 4.74 Å². The van der Waals surface area contributed by atoms with Crippen molar-refractivity contribution in [2.45, 2.75) is 6.61 Å². The van der Waals surface area contributed by atoms with Gasteiger partial charge in [-0.15, -0.1) is 0 Å². The lowest BCUT2D eigenvalue weighted by Gasteiger charge is -2.12. The van der Waals surface area contributed by atoms with Crippen LogP contribution in [0.4, 0.5) is 0 Å². The van der Waals surface area contributed by atoms with E-state index in [4.69, 9.17) is 32.9 Å². The predicted molar refractivity (Wildman–Crippen MR) is 157 cm³/mol. The second kappa shape index (κ2) is 11.8. The fourth-order valence-electron chi connectivity index (χ4n) is 3.91. The topological polar surface area (TPSA) is 63.6 Å². The standard InChI is InChI=1S/C30H20BrCl2N3O2/c31-22-12-10-19(11-13-22)18-38-29-21(14-23(32)15-26(29)33)17-34-36-30(37)25-16-28(20-6-2-1-3-7-20)35-27-9-5-4-8-24(25)27/h1-17H,18H2,(H,36,37)/b34-17-. The fraction of sp³-hybridized carbons (Fsp3) is 0.0333. The van der Waals surface area contributed by atoms with E-state index in [1.165, 1.54) is 6.21 Å². The molecule has 1 amide bonds. The summed E-state index contributed by atoms with van der Waals surface area (Å²) in [6.45, 7) is 0.299. The van der Waals surface area contributed by atoms with Crippen LogP contribution in [0, 0.1) is 0 Å². The number of rotatable bonds is 7. The molecule has 0 aliphatic heterocycles. The minimum absolute atomic E-state index is 0.299. The molecule has 188 valence electrons. The number of ether oxygens (including phenoxy) is 1. The number of halogens is 3. The van der Waals surface area contributed by atoms with Crippen LogP contribution in [0.3, 0.4) is 0 Å². The van der Waals surface area contributed by atoms with Crippen LogP contribution in [-0.2, 0) is 6.61 Å². The van der Waals surface area contributed by atoms with Gasteiger partial charge in [0.15, 0.2) is 0 Å². The molecule has 0 radical (unpaired) electrons. The average Bonchev–Trinajstić information content (AvgIpc) is 2.93. The maximum absolute atomic E-state index is 13.2. The minimum atomic E-state index is -0.373. The van der Waals surface area contributed by atoms with Gasteiger partial charge in [-0.05, 0) is 42.0 Å². The highest BCUT2D eigenvalue weighted by molar-refractivity contribution is 9.10. The number of aromatic nitrogens is 1. The van der Waals surface area contributed by atoms with Crippen molar-refractivity contribution in [3.63, 3.8) is 0 Å². The van der Waals surface area contributed by atoms with E-state index in [0.29, 0.717) is 44.7 Å². The van der Waals surface area contributed by atoms with Crippen molar-refractivity contribution in [1.82, 2.24) is 10.4 Å². The number of fused-ring (bicyclic) bond motifs is 1. The summed E-state index contributed by atoms with van der Waals surface area (Å²) < 4.78 is 6.97. The largest absolute Gasteiger partial charge is 0.487 e. The number of hydrogen-bond donors (Lipinski definition) is 1. The van der Waals surface area contributed by atoms with Gasteiger partial charge in [0.1, 0.15) is 12.4 Å². The van der Waals surface area contributed by atoms with Crippen molar-refractivity contribution in [3.05, 3.63) is 128 Å². The first-order valence-electron chi connectivity index (χ1n) is 11.6. The van der Waals surface area contributed by atoms with Crippen LogP contribution in [0.25, 0.3) is 22.2 Å². The summed E-state index contributed by atoms with van der Waals surface area (Å²) in [5.41, 5.74) is 6.91. The summed E-state index contributed by atoms with van der Waals surface area (Å²) in [5.74, 6) is 0.0418. The minimum Gasteiger partial charge on any atom is -0.487 e. The molecular formula is C30H20BrCl2N3O2. The van der Waals surface area contributed by atoms with Crippen molar-refractivity contribution >= 4 is 62.2 Å². The summed E-state index contributed by atoms with van der Waals surface area (Å²) in [6, 6.07) is 30.0. The first kappa shape index (κ1) is 25.9. The second-order valence-electron chi connectivity index (χ2n) is 8.36. The van der Waals surface area contributed by atoms with Gasteiger partial charge in [-0.25, -0.2) is 10.4 Å². The molecule has 0 spiro atoms. The first-order chi connectivity index (χ1) is 18.5. The molecule has 38 heavy (non-hydrogen) atoms. The Morgan fingerprint density at radius 3 is 2.47 bits per heavy atom. The molecule has 4 aromatic carbocycles. The van der Waals surface area contributed by atoms with Crippen molar-refractivity contribution in [1.29, 1.82) is 0 Å². The molecule has 8 heteroatoms. The molecule has 0 saturated heterocycles. The quantitative estimate of drug-likeness (QED) is 0.150. The van der Waals surface area contributed by atoms with Gasteiger partial charge >= 0.3 is 0 Å². The van der Waals surface area contributed by atoms with Gasteiger partial charge in [0, 0.05) is 26.0 Å². The Morgan fingerprint density at radius 2 is 1.68 bits per heavy atom. The van der Waals surface area contributed by atoms with E-state index in [1.807, 2.05) is 78.9 Å². The number of nitrogens with one attached hydrogen (secondary N) is 1. The predicted octanol–water partition coefficient (Wildman–Crippen LogP) is 8.31. The summed E-state index contributed by atoms with van der Waals surface area (Å²) in [6.07, 6.45) is 1.47. The summed E-state index contributed by atoms with van der Waals surface area (Å²) in [4.78, 5) is 18.0. The molecule has 1 heterocycles. The number of nitrogens with zero attached hydrogens (tertiary/aromatic N) is 2. The van der Waals surface area contributed by atoms with Gasteiger partial charge in [-0.2, -0.15) is 5.10 Å². The zero-order valence-corrected chi connectivity index (χ0v) is 23.0. The SMILES string of the molecule is O=C(N/N=C\c1cc(Cl)cc(Cl)c1OCc1ccc(Br)cc1)c1cc(-c2ccccc2)nc2ccccc12. The van der Waals surface area contributed by atoms with Crippen LogP contribution in [0.1, 0.15) is 21.5 Å². The number of carbonyl (C=O) groups excluding carboxylic acids is 1. The third-order valence-electron chi connectivity index (χ3n) is 5.73. The molecule has 0 aliphatic rings. The second-order valence-corrected chi connectivity index (χ2v) is 10.1. The summed E-state index contributed by atoms with van der Waals surface area (Å²) in [5, 5.41) is 5.68. The molecule has 0 fully saturated rings. The Morgan fingerprint density at radius 1 is 0.947 bits per heavy atom. The number of amides is 1. The van der Waals surface area contributed by atoms with Crippen LogP contribution in [-0.4, -0.2) is 17.1 Å². The Hall–Kier alpha value is -3.71. The lowest BCUT2D eigenvalue weighted by atomic mass is 10.0. The third kappa shape index (κ3) is 6.05. The molecule has 5 rings (SSSR count). The van der Waals surface area contributed by atoms with Crippen LogP contribution < -0.4 is 10.2 Å². The zero-order chi connectivity index (χ0) is 26.5. The van der Waals surface area contributed by atoms with E-state index in [9.17, 15) is 4.79 Å². The number of hydrogen-bond acceptors (Lipinski definition) is 4. The Kier molecular flexibility index (Phi) is 8.03. The normalized spacial score (nSPS) is 11.1. The van der Waals surface area contributed by atoms with Crippen molar-refractivity contribution in [3.8, 4) is 17.0 Å². The molecule has 5 nitrogen and oxygen atoms in total. The lowest BCUT2D eigenvalue weighted by Crippen LogP contribution is -2.18. The molecule has 0 saturated carbocycles. The Balaban J connectivity index is 1.40. The Bertz CT molecular complexity index is 1640. The average molecular weight is 605 g/mol. The first-order valence-corrected chi connectivity index (χ1v) is 13.2. The molecule has 0 atom stereocenters. The molecule has 5 aromatic rings. The number of carbonyl (C=O) groups is 1. The van der Waals surface area contributed by atoms with Crippen LogP contribution in [0.2, 0.25) is 10.0 Å².